The Kier molecular flexibility index (Phi) is 6.09. The van der Waals surface area contributed by atoms with Crippen LogP contribution in [0.3, 0.4) is 0 Å². The summed E-state index contributed by atoms with van der Waals surface area (Å²) in [5.74, 6) is -1.43. The fourth-order valence-electron chi connectivity index (χ4n) is 3.24. The normalized spacial score (nSPS) is 13.5. The van der Waals surface area contributed by atoms with E-state index in [1.165, 1.54) is 12.1 Å². The molecule has 0 unspecified atom stereocenters. The van der Waals surface area contributed by atoms with Gasteiger partial charge in [-0.05, 0) is 79.2 Å². The minimum Gasteiger partial charge on any atom is -0.423 e. The number of anilines is 3. The molecule has 2 amide bonds. The number of carbonyl (C=O) groups excluding carboxylic acids is 3. The summed E-state index contributed by atoms with van der Waals surface area (Å²) in [7, 11) is 0. The minimum absolute atomic E-state index is 0.0618. The molecule has 0 atom stereocenters. The van der Waals surface area contributed by atoms with E-state index in [1.807, 2.05) is 0 Å². The Bertz CT molecular complexity index is 1300. The number of aryl methyl sites for hydroxylation is 1. The first kappa shape index (κ1) is 22.4. The van der Waals surface area contributed by atoms with Crippen LogP contribution in [-0.2, 0) is 9.59 Å². The lowest BCUT2D eigenvalue weighted by molar-refractivity contribution is -0.120. The number of hydrogen-bond acceptors (Lipinski definition) is 6. The Labute approximate surface area is 199 Å². The second-order valence-corrected chi connectivity index (χ2v) is 8.04. The van der Waals surface area contributed by atoms with Gasteiger partial charge in [0, 0.05) is 16.4 Å². The molecular formula is C24H17Cl2N3O4. The molecule has 0 saturated carbocycles. The number of halogens is 2. The summed E-state index contributed by atoms with van der Waals surface area (Å²) in [6, 6.07) is 17.5. The van der Waals surface area contributed by atoms with Gasteiger partial charge in [-0.3, -0.25) is 9.59 Å². The van der Waals surface area contributed by atoms with E-state index in [2.05, 4.69) is 5.32 Å². The molecule has 7 nitrogen and oxygen atoms in total. The number of hydrogen-bond donors (Lipinski definition) is 2. The summed E-state index contributed by atoms with van der Waals surface area (Å²) in [5, 5.41) is 3.12. The molecule has 0 saturated heterocycles. The first-order valence-corrected chi connectivity index (χ1v) is 10.5. The van der Waals surface area contributed by atoms with Crippen LogP contribution >= 0.6 is 23.2 Å². The van der Waals surface area contributed by atoms with Gasteiger partial charge in [-0.15, -0.1) is 0 Å². The van der Waals surface area contributed by atoms with Gasteiger partial charge in [0.05, 0.1) is 11.3 Å². The third-order valence-electron chi connectivity index (χ3n) is 4.91. The predicted molar refractivity (Wildman–Crippen MR) is 127 cm³/mol. The topological polar surface area (TPSA) is 102 Å². The number of ether oxygens (including phenoxy) is 1. The largest absolute Gasteiger partial charge is 0.423 e. The molecule has 9 heteroatoms. The number of nitrogen functional groups attached to an aromatic ring is 1. The molecule has 33 heavy (non-hydrogen) atoms. The van der Waals surface area contributed by atoms with E-state index >= 15 is 0 Å². The monoisotopic (exact) mass is 481 g/mol. The van der Waals surface area contributed by atoms with Crippen LogP contribution in [0, 0.1) is 6.92 Å². The maximum atomic E-state index is 13.0. The second-order valence-electron chi connectivity index (χ2n) is 7.23. The zero-order valence-electron chi connectivity index (χ0n) is 17.3. The Hall–Kier alpha value is -3.81. The quantitative estimate of drug-likeness (QED) is 0.233. The van der Waals surface area contributed by atoms with E-state index in [0.29, 0.717) is 39.0 Å². The van der Waals surface area contributed by atoms with Crippen LogP contribution in [0.1, 0.15) is 15.9 Å². The average Bonchev–Trinajstić information content (AvgIpc) is 2.99. The molecule has 1 aliphatic heterocycles. The lowest BCUT2D eigenvalue weighted by Crippen LogP contribution is -2.32. The van der Waals surface area contributed by atoms with Crippen LogP contribution in [0.4, 0.5) is 17.1 Å². The van der Waals surface area contributed by atoms with Crippen molar-refractivity contribution in [2.45, 2.75) is 6.92 Å². The van der Waals surface area contributed by atoms with Gasteiger partial charge >= 0.3 is 5.97 Å². The van der Waals surface area contributed by atoms with Crippen LogP contribution in [0.2, 0.25) is 5.02 Å². The van der Waals surface area contributed by atoms with E-state index < -0.39 is 17.8 Å². The smallest absolute Gasteiger partial charge is 0.343 e. The highest BCUT2D eigenvalue weighted by molar-refractivity contribution is 6.53. The third-order valence-corrected chi connectivity index (χ3v) is 5.49. The van der Waals surface area contributed by atoms with Crippen LogP contribution in [0.15, 0.2) is 77.5 Å². The molecule has 0 aliphatic carbocycles. The van der Waals surface area contributed by atoms with Gasteiger partial charge < -0.3 is 15.8 Å². The van der Waals surface area contributed by atoms with Crippen LogP contribution in [0.5, 0.6) is 5.75 Å². The molecule has 4 rings (SSSR count). The van der Waals surface area contributed by atoms with Gasteiger partial charge in [-0.1, -0.05) is 23.2 Å². The van der Waals surface area contributed by atoms with Gasteiger partial charge in [0.25, 0.3) is 11.8 Å². The van der Waals surface area contributed by atoms with E-state index in [9.17, 15) is 14.4 Å². The molecule has 3 aromatic rings. The highest BCUT2D eigenvalue weighted by atomic mass is 35.5. The molecule has 0 radical (unpaired) electrons. The van der Waals surface area contributed by atoms with E-state index in [-0.39, 0.29) is 10.7 Å². The molecule has 0 bridgehead atoms. The summed E-state index contributed by atoms with van der Waals surface area (Å²) < 4.78 is 5.30. The van der Waals surface area contributed by atoms with Crippen molar-refractivity contribution in [3.05, 3.63) is 93.6 Å². The highest BCUT2D eigenvalue weighted by Crippen LogP contribution is 2.33. The van der Waals surface area contributed by atoms with Crippen molar-refractivity contribution >= 4 is 58.0 Å². The maximum Gasteiger partial charge on any atom is 0.343 e. The number of nitrogens with one attached hydrogen (secondary N) is 1. The summed E-state index contributed by atoms with van der Waals surface area (Å²) in [6.45, 7) is 1.74. The van der Waals surface area contributed by atoms with Gasteiger partial charge in [0.2, 0.25) is 0 Å². The van der Waals surface area contributed by atoms with Gasteiger partial charge in [-0.2, -0.15) is 0 Å². The average molecular weight is 482 g/mol. The van der Waals surface area contributed by atoms with Crippen molar-refractivity contribution in [3.63, 3.8) is 0 Å². The summed E-state index contributed by atoms with van der Waals surface area (Å²) in [5.41, 5.74) is 7.92. The number of nitrogens with two attached hydrogens (primary N) is 1. The van der Waals surface area contributed by atoms with Crippen LogP contribution < -0.4 is 20.7 Å². The van der Waals surface area contributed by atoms with Crippen molar-refractivity contribution in [2.24, 2.45) is 0 Å². The standard InChI is InChI=1S/C24H17Cl2N3O4/c1-13-12-15(25)4-11-19(13)29-22(30)20(26)21(23(29)31)28-17-7-2-14(3-8-17)24(32)33-18-9-5-16(27)6-10-18/h2-12,28H,27H2,1H3. The van der Waals surface area contributed by atoms with E-state index in [4.69, 9.17) is 33.7 Å². The van der Waals surface area contributed by atoms with Crippen molar-refractivity contribution in [1.82, 2.24) is 0 Å². The van der Waals surface area contributed by atoms with Crippen LogP contribution in [0.25, 0.3) is 0 Å². The fourth-order valence-corrected chi connectivity index (χ4v) is 3.67. The molecule has 166 valence electrons. The van der Waals surface area contributed by atoms with E-state index in [0.717, 1.165) is 4.90 Å². The molecule has 3 aromatic carbocycles. The highest BCUT2D eigenvalue weighted by Gasteiger charge is 2.39. The molecular weight excluding hydrogens is 465 g/mol. The maximum absolute atomic E-state index is 13.0. The Morgan fingerprint density at radius 2 is 1.61 bits per heavy atom. The molecule has 1 heterocycles. The lowest BCUT2D eigenvalue weighted by Gasteiger charge is -2.17. The first-order chi connectivity index (χ1) is 15.7. The molecule has 1 aliphatic rings. The number of carbonyl (C=O) groups is 3. The summed E-state index contributed by atoms with van der Waals surface area (Å²) >= 11 is 12.2. The molecule has 0 aromatic heterocycles. The second kappa shape index (κ2) is 8.97. The summed E-state index contributed by atoms with van der Waals surface area (Å²) in [4.78, 5) is 39.0. The van der Waals surface area contributed by atoms with E-state index in [1.54, 1.807) is 61.5 Å². The minimum atomic E-state index is -0.640. The number of rotatable bonds is 5. The molecule has 0 spiro atoms. The van der Waals surface area contributed by atoms with Gasteiger partial charge in [-0.25, -0.2) is 9.69 Å². The SMILES string of the molecule is Cc1cc(Cl)ccc1N1C(=O)C(Cl)=C(Nc2ccc(C(=O)Oc3ccc(N)cc3)cc2)C1=O. The van der Waals surface area contributed by atoms with Crippen molar-refractivity contribution < 1.29 is 19.1 Å². The van der Waals surface area contributed by atoms with Crippen molar-refractivity contribution in [2.75, 3.05) is 16.0 Å². The van der Waals surface area contributed by atoms with Crippen molar-refractivity contribution in [1.29, 1.82) is 0 Å². The zero-order chi connectivity index (χ0) is 23.7. The summed E-state index contributed by atoms with van der Waals surface area (Å²) in [6.07, 6.45) is 0. The number of imide groups is 1. The Morgan fingerprint density at radius 3 is 2.24 bits per heavy atom. The van der Waals surface area contributed by atoms with Gasteiger partial charge in [0.1, 0.15) is 16.5 Å². The Morgan fingerprint density at radius 1 is 0.939 bits per heavy atom. The van der Waals surface area contributed by atoms with Gasteiger partial charge in [0.15, 0.2) is 0 Å². The molecule has 0 fully saturated rings. The van der Waals surface area contributed by atoms with Crippen LogP contribution in [-0.4, -0.2) is 17.8 Å². The zero-order valence-corrected chi connectivity index (χ0v) is 18.8. The molecule has 3 N–H and O–H groups in total. The van der Waals surface area contributed by atoms with Crippen molar-refractivity contribution in [3.8, 4) is 5.75 Å². The number of nitrogens with zero attached hydrogens (tertiary/aromatic N) is 1. The third kappa shape index (κ3) is 4.55. The predicted octanol–water partition coefficient (Wildman–Crippen LogP) is 4.89. The fraction of sp³-hybridized carbons (Fsp3) is 0.0417. The number of amides is 2. The number of benzene rings is 3. The lowest BCUT2D eigenvalue weighted by atomic mass is 10.2. The Balaban J connectivity index is 1.49. The first-order valence-electron chi connectivity index (χ1n) is 9.74. The number of esters is 1.